The SMILES string of the molecule is Cc1ccc(C2NN(C(C)C)C(=O)C2(O)O)cc1. The monoisotopic (exact) mass is 250 g/mol. The highest BCUT2D eigenvalue weighted by molar-refractivity contribution is 5.86. The van der Waals surface area contributed by atoms with Crippen LogP contribution in [0.3, 0.4) is 0 Å². The molecule has 0 radical (unpaired) electrons. The molecule has 2 rings (SSSR count). The molecule has 1 aliphatic heterocycles. The Balaban J connectivity index is 2.34. The van der Waals surface area contributed by atoms with Crippen molar-refractivity contribution in [2.24, 2.45) is 0 Å². The molecule has 0 spiro atoms. The Morgan fingerprint density at radius 3 is 2.28 bits per heavy atom. The fraction of sp³-hybridized carbons (Fsp3) is 0.462. The summed E-state index contributed by atoms with van der Waals surface area (Å²) in [5.41, 5.74) is 4.59. The van der Waals surface area contributed by atoms with Crippen molar-refractivity contribution in [1.82, 2.24) is 10.4 Å². The molecular formula is C13H18N2O3. The minimum Gasteiger partial charge on any atom is -0.357 e. The molecule has 1 saturated heterocycles. The number of nitrogens with one attached hydrogen (secondary N) is 1. The molecule has 0 aliphatic carbocycles. The number of rotatable bonds is 2. The van der Waals surface area contributed by atoms with Gasteiger partial charge < -0.3 is 10.2 Å². The summed E-state index contributed by atoms with van der Waals surface area (Å²) in [5.74, 6) is -3.12. The van der Waals surface area contributed by atoms with Crippen LogP contribution in [0.1, 0.15) is 31.0 Å². The lowest BCUT2D eigenvalue weighted by molar-refractivity contribution is -0.187. The van der Waals surface area contributed by atoms with Crippen molar-refractivity contribution in [3.8, 4) is 0 Å². The van der Waals surface area contributed by atoms with Gasteiger partial charge in [0.05, 0.1) is 0 Å². The largest absolute Gasteiger partial charge is 0.357 e. The van der Waals surface area contributed by atoms with E-state index < -0.39 is 17.7 Å². The molecule has 1 atom stereocenters. The lowest BCUT2D eigenvalue weighted by Crippen LogP contribution is -2.44. The summed E-state index contributed by atoms with van der Waals surface area (Å²) in [4.78, 5) is 11.9. The third-order valence-electron chi connectivity index (χ3n) is 3.13. The molecule has 18 heavy (non-hydrogen) atoms. The van der Waals surface area contributed by atoms with Crippen molar-refractivity contribution in [1.29, 1.82) is 0 Å². The highest BCUT2D eigenvalue weighted by Gasteiger charge is 2.53. The normalized spacial score (nSPS) is 22.9. The third kappa shape index (κ3) is 2.01. The number of hydrogen-bond acceptors (Lipinski definition) is 4. The summed E-state index contributed by atoms with van der Waals surface area (Å²) in [6.07, 6.45) is 0. The Morgan fingerprint density at radius 1 is 1.28 bits per heavy atom. The van der Waals surface area contributed by atoms with Crippen LogP contribution in [-0.4, -0.2) is 33.0 Å². The van der Waals surface area contributed by atoms with E-state index >= 15 is 0 Å². The second-order valence-corrected chi connectivity index (χ2v) is 4.97. The van der Waals surface area contributed by atoms with Crippen molar-refractivity contribution in [2.45, 2.75) is 38.6 Å². The van der Waals surface area contributed by atoms with E-state index in [4.69, 9.17) is 0 Å². The second-order valence-electron chi connectivity index (χ2n) is 4.97. The minimum atomic E-state index is -2.40. The Labute approximate surface area is 106 Å². The maximum absolute atomic E-state index is 11.9. The average molecular weight is 250 g/mol. The molecule has 98 valence electrons. The van der Waals surface area contributed by atoms with Crippen molar-refractivity contribution < 1.29 is 15.0 Å². The van der Waals surface area contributed by atoms with Crippen LogP contribution in [0.25, 0.3) is 0 Å². The summed E-state index contributed by atoms with van der Waals surface area (Å²) in [7, 11) is 0. The van der Waals surface area contributed by atoms with Gasteiger partial charge in [-0.05, 0) is 26.3 Å². The van der Waals surface area contributed by atoms with E-state index in [1.54, 1.807) is 26.0 Å². The second kappa shape index (κ2) is 4.35. The van der Waals surface area contributed by atoms with Gasteiger partial charge in [-0.15, -0.1) is 0 Å². The van der Waals surface area contributed by atoms with Crippen LogP contribution < -0.4 is 5.43 Å². The fourth-order valence-electron chi connectivity index (χ4n) is 2.04. The van der Waals surface area contributed by atoms with Crippen LogP contribution in [0.5, 0.6) is 0 Å². The van der Waals surface area contributed by atoms with E-state index in [1.807, 2.05) is 19.1 Å². The molecular weight excluding hydrogens is 232 g/mol. The Bertz CT molecular complexity index is 454. The number of carbonyl (C=O) groups is 1. The first-order valence-corrected chi connectivity index (χ1v) is 5.95. The zero-order chi connectivity index (χ0) is 13.5. The summed E-state index contributed by atoms with van der Waals surface area (Å²) in [5, 5.41) is 21.2. The molecule has 1 heterocycles. The maximum atomic E-state index is 11.9. The molecule has 0 bridgehead atoms. The van der Waals surface area contributed by atoms with Gasteiger partial charge in [-0.1, -0.05) is 29.8 Å². The van der Waals surface area contributed by atoms with E-state index in [-0.39, 0.29) is 6.04 Å². The number of benzene rings is 1. The average Bonchev–Trinajstić information content (AvgIpc) is 2.53. The zero-order valence-electron chi connectivity index (χ0n) is 10.7. The van der Waals surface area contributed by atoms with E-state index in [9.17, 15) is 15.0 Å². The number of nitrogens with zero attached hydrogens (tertiary/aromatic N) is 1. The molecule has 0 aromatic heterocycles. The van der Waals surface area contributed by atoms with Crippen LogP contribution in [0, 0.1) is 6.92 Å². The summed E-state index contributed by atoms with van der Waals surface area (Å²) >= 11 is 0. The van der Waals surface area contributed by atoms with Gasteiger partial charge in [0.1, 0.15) is 6.04 Å². The van der Waals surface area contributed by atoms with Gasteiger partial charge in [0.2, 0.25) is 0 Å². The number of hydrazine groups is 1. The molecule has 1 unspecified atom stereocenters. The fourth-order valence-corrected chi connectivity index (χ4v) is 2.04. The standard InChI is InChI=1S/C13H18N2O3/c1-8(2)15-12(16)13(17,18)11(14-15)10-6-4-9(3)5-7-10/h4-8,11,14,17-18H,1-3H3. The Morgan fingerprint density at radius 2 is 1.83 bits per heavy atom. The first-order chi connectivity index (χ1) is 8.34. The third-order valence-corrected chi connectivity index (χ3v) is 3.13. The van der Waals surface area contributed by atoms with Crippen LogP contribution in [-0.2, 0) is 4.79 Å². The van der Waals surface area contributed by atoms with Crippen molar-refractivity contribution in [3.63, 3.8) is 0 Å². The molecule has 1 aromatic carbocycles. The lowest BCUT2D eigenvalue weighted by Gasteiger charge is -2.21. The maximum Gasteiger partial charge on any atom is 0.299 e. The first kappa shape index (κ1) is 13.0. The van der Waals surface area contributed by atoms with Gasteiger partial charge in [-0.2, -0.15) is 0 Å². The Hall–Kier alpha value is -1.43. The highest BCUT2D eigenvalue weighted by Crippen LogP contribution is 2.32. The molecule has 1 amide bonds. The number of aliphatic hydroxyl groups is 2. The van der Waals surface area contributed by atoms with Gasteiger partial charge in [-0.3, -0.25) is 9.80 Å². The van der Waals surface area contributed by atoms with Crippen molar-refractivity contribution in [2.75, 3.05) is 0 Å². The van der Waals surface area contributed by atoms with E-state index in [1.165, 1.54) is 5.01 Å². The number of hydrogen-bond donors (Lipinski definition) is 3. The van der Waals surface area contributed by atoms with E-state index in [0.717, 1.165) is 5.56 Å². The van der Waals surface area contributed by atoms with Crippen LogP contribution >= 0.6 is 0 Å². The predicted octanol–water partition coefficient (Wildman–Crippen LogP) is 0.472. The van der Waals surface area contributed by atoms with Crippen LogP contribution in [0.2, 0.25) is 0 Å². The molecule has 3 N–H and O–H groups in total. The predicted molar refractivity (Wildman–Crippen MR) is 66.2 cm³/mol. The molecule has 1 fully saturated rings. The molecule has 1 aliphatic rings. The van der Waals surface area contributed by atoms with Crippen molar-refractivity contribution >= 4 is 5.91 Å². The highest BCUT2D eigenvalue weighted by atomic mass is 16.5. The van der Waals surface area contributed by atoms with Gasteiger partial charge >= 0.3 is 0 Å². The number of amides is 1. The minimum absolute atomic E-state index is 0.147. The van der Waals surface area contributed by atoms with Crippen LogP contribution in [0.15, 0.2) is 24.3 Å². The topological polar surface area (TPSA) is 72.8 Å². The number of carbonyl (C=O) groups excluding carboxylic acids is 1. The van der Waals surface area contributed by atoms with Gasteiger partial charge in [0.25, 0.3) is 11.7 Å². The summed E-state index contributed by atoms with van der Waals surface area (Å²) in [6.45, 7) is 5.56. The van der Waals surface area contributed by atoms with Crippen LogP contribution in [0.4, 0.5) is 0 Å². The Kier molecular flexibility index (Phi) is 3.14. The van der Waals surface area contributed by atoms with E-state index in [0.29, 0.717) is 5.56 Å². The molecule has 0 saturated carbocycles. The quantitative estimate of drug-likeness (QED) is 0.667. The molecule has 5 nitrogen and oxygen atoms in total. The van der Waals surface area contributed by atoms with Gasteiger partial charge in [-0.25, -0.2) is 5.43 Å². The van der Waals surface area contributed by atoms with Gasteiger partial charge in [0.15, 0.2) is 0 Å². The summed E-state index contributed by atoms with van der Waals surface area (Å²) < 4.78 is 0. The smallest absolute Gasteiger partial charge is 0.299 e. The summed E-state index contributed by atoms with van der Waals surface area (Å²) in [6, 6.07) is 6.32. The zero-order valence-corrected chi connectivity index (χ0v) is 10.7. The van der Waals surface area contributed by atoms with Crippen molar-refractivity contribution in [3.05, 3.63) is 35.4 Å². The van der Waals surface area contributed by atoms with E-state index in [2.05, 4.69) is 5.43 Å². The number of aryl methyl sites for hydroxylation is 1. The molecule has 5 heteroatoms. The first-order valence-electron chi connectivity index (χ1n) is 5.95. The molecule has 1 aromatic rings. The lowest BCUT2D eigenvalue weighted by atomic mass is 9.99. The van der Waals surface area contributed by atoms with Gasteiger partial charge in [0, 0.05) is 6.04 Å².